The molecule has 0 atom stereocenters. The van der Waals surface area contributed by atoms with Crippen LogP contribution in [0.5, 0.6) is 5.88 Å². The van der Waals surface area contributed by atoms with Gasteiger partial charge in [-0.05, 0) is 30.2 Å². The van der Waals surface area contributed by atoms with Gasteiger partial charge >= 0.3 is 6.18 Å². The van der Waals surface area contributed by atoms with E-state index >= 15 is 0 Å². The van der Waals surface area contributed by atoms with Crippen molar-refractivity contribution in [2.45, 2.75) is 12.6 Å². The predicted octanol–water partition coefficient (Wildman–Crippen LogP) is 2.94. The number of nitrogens with zero attached hydrogens (tertiary/aromatic N) is 3. The van der Waals surface area contributed by atoms with E-state index in [9.17, 15) is 13.2 Å². The van der Waals surface area contributed by atoms with Gasteiger partial charge in [-0.3, -0.25) is 4.99 Å². The maximum absolute atomic E-state index is 12.9. The number of guanidine groups is 1. The summed E-state index contributed by atoms with van der Waals surface area (Å²) >= 11 is 5.73. The van der Waals surface area contributed by atoms with Crippen molar-refractivity contribution < 1.29 is 17.9 Å². The van der Waals surface area contributed by atoms with Crippen molar-refractivity contribution in [2.24, 2.45) is 4.99 Å². The van der Waals surface area contributed by atoms with Gasteiger partial charge in [-0.25, -0.2) is 9.97 Å². The van der Waals surface area contributed by atoms with Crippen LogP contribution in [0, 0.1) is 0 Å². The largest absolute Gasteiger partial charge is 0.475 e. The van der Waals surface area contributed by atoms with Crippen molar-refractivity contribution in [3.63, 3.8) is 0 Å². The summed E-state index contributed by atoms with van der Waals surface area (Å²) in [4.78, 5) is 11.7. The zero-order chi connectivity index (χ0) is 19.7. The van der Waals surface area contributed by atoms with Crippen molar-refractivity contribution in [2.75, 3.05) is 26.7 Å². The number of hydrogen-bond acceptors (Lipinski definition) is 4. The van der Waals surface area contributed by atoms with E-state index in [1.54, 1.807) is 19.3 Å². The first-order valence-electron chi connectivity index (χ1n) is 8.10. The first kappa shape index (κ1) is 20.8. The second kappa shape index (κ2) is 9.96. The molecule has 10 heteroatoms. The second-order valence-corrected chi connectivity index (χ2v) is 5.75. The van der Waals surface area contributed by atoms with Crippen LogP contribution in [-0.2, 0) is 12.6 Å². The van der Waals surface area contributed by atoms with Crippen molar-refractivity contribution in [1.82, 2.24) is 20.6 Å². The Morgan fingerprint density at radius 2 is 1.96 bits per heavy atom. The molecule has 0 saturated carbocycles. The van der Waals surface area contributed by atoms with Crippen LogP contribution in [-0.4, -0.2) is 42.7 Å². The third-order valence-electron chi connectivity index (χ3n) is 3.43. The summed E-state index contributed by atoms with van der Waals surface area (Å²) in [6.45, 7) is 0.861. The molecular weight excluding hydrogens is 383 g/mol. The lowest BCUT2D eigenvalue weighted by molar-refractivity contribution is -0.139. The molecule has 0 aromatic carbocycles. The summed E-state index contributed by atoms with van der Waals surface area (Å²) in [5, 5.41) is 6.49. The maximum Gasteiger partial charge on any atom is 0.421 e. The molecule has 0 fully saturated rings. The van der Waals surface area contributed by atoms with Crippen LogP contribution in [0.15, 0.2) is 41.7 Å². The van der Waals surface area contributed by atoms with E-state index < -0.39 is 17.6 Å². The van der Waals surface area contributed by atoms with Gasteiger partial charge in [-0.15, -0.1) is 0 Å². The topological polar surface area (TPSA) is 71.4 Å². The summed E-state index contributed by atoms with van der Waals surface area (Å²) in [6, 6.07) is 5.75. The average molecular weight is 402 g/mol. The number of pyridine rings is 2. The highest BCUT2D eigenvalue weighted by atomic mass is 35.5. The zero-order valence-electron chi connectivity index (χ0n) is 14.6. The van der Waals surface area contributed by atoms with Crippen LogP contribution in [0.4, 0.5) is 13.2 Å². The Labute approximate surface area is 159 Å². The Hall–Kier alpha value is -2.55. The number of rotatable bonds is 7. The monoisotopic (exact) mass is 401 g/mol. The molecule has 27 heavy (non-hydrogen) atoms. The fourth-order valence-electron chi connectivity index (χ4n) is 2.14. The maximum atomic E-state index is 12.9. The highest BCUT2D eigenvalue weighted by Crippen LogP contribution is 2.34. The van der Waals surface area contributed by atoms with Crippen LogP contribution in [0.3, 0.4) is 0 Å². The van der Waals surface area contributed by atoms with Gasteiger partial charge in [0.1, 0.15) is 17.3 Å². The van der Waals surface area contributed by atoms with Crippen LogP contribution >= 0.6 is 11.6 Å². The van der Waals surface area contributed by atoms with Crippen LogP contribution < -0.4 is 15.4 Å². The summed E-state index contributed by atoms with van der Waals surface area (Å²) in [5.74, 6) is 0.0718. The highest BCUT2D eigenvalue weighted by Gasteiger charge is 2.34. The lowest BCUT2D eigenvalue weighted by atomic mass is 10.2. The standard InChI is InChI=1S/C17H19ClF3N5O/c1-22-16(24-8-6-12-4-5-14(18)26-11-12)25-9-10-27-15-13(17(19,20)21)3-2-7-23-15/h2-5,7,11H,6,8-10H2,1H3,(H2,22,24,25). The lowest BCUT2D eigenvalue weighted by Crippen LogP contribution is -2.40. The molecule has 6 nitrogen and oxygen atoms in total. The van der Waals surface area contributed by atoms with Gasteiger partial charge in [-0.1, -0.05) is 17.7 Å². The fourth-order valence-corrected chi connectivity index (χ4v) is 2.25. The van der Waals surface area contributed by atoms with E-state index in [1.807, 2.05) is 6.07 Å². The molecule has 2 aromatic heterocycles. The van der Waals surface area contributed by atoms with Gasteiger partial charge in [0.15, 0.2) is 5.96 Å². The molecule has 2 rings (SSSR count). The molecule has 0 spiro atoms. The van der Waals surface area contributed by atoms with Gasteiger partial charge < -0.3 is 15.4 Å². The van der Waals surface area contributed by atoms with Crippen LogP contribution in [0.25, 0.3) is 0 Å². The Kier molecular flexibility index (Phi) is 7.66. The number of halogens is 4. The third-order valence-corrected chi connectivity index (χ3v) is 3.65. The van der Waals surface area contributed by atoms with Gasteiger partial charge in [-0.2, -0.15) is 13.2 Å². The average Bonchev–Trinajstić information content (AvgIpc) is 2.64. The number of hydrogen-bond donors (Lipinski definition) is 2. The van der Waals surface area contributed by atoms with E-state index in [-0.39, 0.29) is 13.2 Å². The SMILES string of the molecule is CN=C(NCCOc1ncccc1C(F)(F)F)NCCc1ccc(Cl)nc1. The second-order valence-electron chi connectivity index (χ2n) is 5.37. The summed E-state index contributed by atoms with van der Waals surface area (Å²) in [5.41, 5.74) is 0.115. The predicted molar refractivity (Wildman–Crippen MR) is 97.0 cm³/mol. The minimum absolute atomic E-state index is 0.00188. The molecule has 0 saturated heterocycles. The molecule has 0 unspecified atom stereocenters. The Morgan fingerprint density at radius 1 is 1.19 bits per heavy atom. The van der Waals surface area contributed by atoms with Crippen molar-refractivity contribution in [3.8, 4) is 5.88 Å². The van der Waals surface area contributed by atoms with Crippen molar-refractivity contribution in [3.05, 3.63) is 52.9 Å². The molecule has 0 aliphatic heterocycles. The Bertz CT molecular complexity index is 753. The molecule has 146 valence electrons. The van der Waals surface area contributed by atoms with Gasteiger partial charge in [0, 0.05) is 26.0 Å². The molecule has 0 aliphatic rings. The van der Waals surface area contributed by atoms with E-state index in [2.05, 4.69) is 25.6 Å². The van der Waals surface area contributed by atoms with E-state index in [0.29, 0.717) is 24.1 Å². The first-order valence-corrected chi connectivity index (χ1v) is 8.48. The Balaban J connectivity index is 1.73. The molecule has 0 aliphatic carbocycles. The Morgan fingerprint density at radius 3 is 2.63 bits per heavy atom. The number of ether oxygens (including phenoxy) is 1. The minimum Gasteiger partial charge on any atom is -0.475 e. The molecule has 0 bridgehead atoms. The minimum atomic E-state index is -4.51. The van der Waals surface area contributed by atoms with Crippen molar-refractivity contribution >= 4 is 17.6 Å². The number of aromatic nitrogens is 2. The zero-order valence-corrected chi connectivity index (χ0v) is 15.3. The van der Waals surface area contributed by atoms with Gasteiger partial charge in [0.05, 0.1) is 6.54 Å². The molecule has 0 radical (unpaired) electrons. The molecular formula is C17H19ClF3N5O. The normalized spacial score (nSPS) is 12.0. The quantitative estimate of drug-likeness (QED) is 0.323. The van der Waals surface area contributed by atoms with E-state index in [0.717, 1.165) is 11.6 Å². The highest BCUT2D eigenvalue weighted by molar-refractivity contribution is 6.29. The third kappa shape index (κ3) is 6.93. The first-order chi connectivity index (χ1) is 12.9. The smallest absolute Gasteiger partial charge is 0.421 e. The van der Waals surface area contributed by atoms with Crippen LogP contribution in [0.2, 0.25) is 5.15 Å². The molecule has 2 heterocycles. The van der Waals surface area contributed by atoms with Crippen LogP contribution in [0.1, 0.15) is 11.1 Å². The molecule has 2 N–H and O–H groups in total. The van der Waals surface area contributed by atoms with Crippen molar-refractivity contribution in [1.29, 1.82) is 0 Å². The fraction of sp³-hybridized carbons (Fsp3) is 0.353. The van der Waals surface area contributed by atoms with Gasteiger partial charge in [0.2, 0.25) is 5.88 Å². The van der Waals surface area contributed by atoms with E-state index in [4.69, 9.17) is 16.3 Å². The van der Waals surface area contributed by atoms with E-state index in [1.165, 1.54) is 12.3 Å². The summed E-state index contributed by atoms with van der Waals surface area (Å²) in [7, 11) is 1.60. The van der Waals surface area contributed by atoms with Gasteiger partial charge in [0.25, 0.3) is 0 Å². The summed E-state index contributed by atoms with van der Waals surface area (Å²) in [6.07, 6.45) is -0.849. The molecule has 0 amide bonds. The lowest BCUT2D eigenvalue weighted by Gasteiger charge is -2.14. The molecule has 2 aromatic rings. The number of alkyl halides is 3. The summed E-state index contributed by atoms with van der Waals surface area (Å²) < 4.78 is 43.7. The number of aliphatic imine (C=N–C) groups is 1. The number of nitrogens with one attached hydrogen (secondary N) is 2.